The average Bonchev–Trinajstić information content (AvgIpc) is 2.29. The van der Waals surface area contributed by atoms with Crippen LogP contribution in [0.1, 0.15) is 24.5 Å². The molecule has 1 aliphatic rings. The summed E-state index contributed by atoms with van der Waals surface area (Å²) in [4.78, 5) is 7.09. The molecule has 1 aromatic rings. The van der Waals surface area contributed by atoms with Gasteiger partial charge in [0.1, 0.15) is 0 Å². The fourth-order valence-corrected chi connectivity index (χ4v) is 2.59. The number of hydrogen-bond donors (Lipinski definition) is 0. The number of hydrogen-bond acceptors (Lipinski definition) is 3. The van der Waals surface area contributed by atoms with Gasteiger partial charge in [-0.15, -0.1) is 11.8 Å². The van der Waals surface area contributed by atoms with Gasteiger partial charge in [-0.3, -0.25) is 0 Å². The van der Waals surface area contributed by atoms with Gasteiger partial charge in [-0.05, 0) is 44.8 Å². The Hall–Kier alpha value is -0.540. The van der Waals surface area contributed by atoms with Crippen LogP contribution in [0.4, 0.5) is 0 Å². The lowest BCUT2D eigenvalue weighted by Gasteiger charge is -2.29. The minimum atomic E-state index is 0.635. The van der Waals surface area contributed by atoms with E-state index in [-0.39, 0.29) is 0 Å². The number of rotatable bonds is 2. The summed E-state index contributed by atoms with van der Waals surface area (Å²) in [6.07, 6.45) is 4.67. The Morgan fingerprint density at radius 2 is 2.33 bits per heavy atom. The fourth-order valence-electron chi connectivity index (χ4n) is 2.18. The number of nitrogens with zero attached hydrogens (tertiary/aromatic N) is 2. The summed E-state index contributed by atoms with van der Waals surface area (Å²) in [6, 6.07) is 6.38. The highest BCUT2D eigenvalue weighted by Gasteiger charge is 2.19. The first-order valence-electron chi connectivity index (χ1n) is 5.49. The van der Waals surface area contributed by atoms with Crippen molar-refractivity contribution in [1.29, 1.82) is 0 Å². The zero-order valence-corrected chi connectivity index (χ0v) is 10.3. The first-order chi connectivity index (χ1) is 7.29. The van der Waals surface area contributed by atoms with Crippen LogP contribution in [0.25, 0.3) is 0 Å². The van der Waals surface area contributed by atoms with Crippen LogP contribution in [0.15, 0.2) is 23.2 Å². The predicted octanol–water partition coefficient (Wildman–Crippen LogP) is 2.61. The van der Waals surface area contributed by atoms with Crippen molar-refractivity contribution in [2.45, 2.75) is 23.8 Å². The number of thioether (sulfide) groups is 1. The molecule has 2 heterocycles. The smallest absolute Gasteiger partial charge is 0.0960 e. The Balaban J connectivity index is 2.13. The largest absolute Gasteiger partial charge is 0.306 e. The van der Waals surface area contributed by atoms with Gasteiger partial charge in [0.25, 0.3) is 0 Å². The molecule has 0 N–H and O–H groups in total. The van der Waals surface area contributed by atoms with Crippen LogP contribution in [-0.4, -0.2) is 36.3 Å². The number of pyridine rings is 1. The van der Waals surface area contributed by atoms with E-state index in [2.05, 4.69) is 41.4 Å². The molecule has 0 radical (unpaired) electrons. The van der Waals surface area contributed by atoms with Crippen molar-refractivity contribution in [3.63, 3.8) is 0 Å². The molecule has 1 aromatic heterocycles. The minimum absolute atomic E-state index is 0.635. The molecule has 2 rings (SSSR count). The average molecular weight is 222 g/mol. The van der Waals surface area contributed by atoms with E-state index in [1.807, 2.05) is 0 Å². The molecular formula is C12H18N2S. The van der Waals surface area contributed by atoms with E-state index < -0.39 is 0 Å². The van der Waals surface area contributed by atoms with Gasteiger partial charge >= 0.3 is 0 Å². The van der Waals surface area contributed by atoms with Crippen LogP contribution >= 0.6 is 11.8 Å². The maximum Gasteiger partial charge on any atom is 0.0960 e. The standard InChI is InChI=1S/C12H18N2S/c1-14-8-4-5-10(9-14)11-6-3-7-12(13-11)15-2/h3,6-7,10H,4-5,8-9H2,1-2H3/t10-/m1/s1. The normalized spacial score (nSPS) is 22.9. The van der Waals surface area contributed by atoms with E-state index >= 15 is 0 Å². The molecule has 2 nitrogen and oxygen atoms in total. The van der Waals surface area contributed by atoms with Crippen molar-refractivity contribution in [3.05, 3.63) is 23.9 Å². The maximum absolute atomic E-state index is 4.69. The van der Waals surface area contributed by atoms with Crippen molar-refractivity contribution >= 4 is 11.8 Å². The molecule has 0 unspecified atom stereocenters. The third-order valence-electron chi connectivity index (χ3n) is 3.00. The second-order valence-corrected chi connectivity index (χ2v) is 5.03. The van der Waals surface area contributed by atoms with Crippen molar-refractivity contribution in [2.75, 3.05) is 26.4 Å². The predicted molar refractivity (Wildman–Crippen MR) is 65.5 cm³/mol. The summed E-state index contributed by atoms with van der Waals surface area (Å²) in [7, 11) is 2.20. The minimum Gasteiger partial charge on any atom is -0.306 e. The molecule has 1 fully saturated rings. The molecule has 0 spiro atoms. The monoisotopic (exact) mass is 222 g/mol. The van der Waals surface area contributed by atoms with E-state index in [1.54, 1.807) is 11.8 Å². The topological polar surface area (TPSA) is 16.1 Å². The molecular weight excluding hydrogens is 204 g/mol. The van der Waals surface area contributed by atoms with Crippen LogP contribution in [0.2, 0.25) is 0 Å². The first-order valence-corrected chi connectivity index (χ1v) is 6.71. The van der Waals surface area contributed by atoms with E-state index in [4.69, 9.17) is 0 Å². The van der Waals surface area contributed by atoms with Gasteiger partial charge in [0, 0.05) is 18.2 Å². The third kappa shape index (κ3) is 2.73. The zero-order chi connectivity index (χ0) is 10.7. The Labute approximate surface area is 96.1 Å². The number of piperidine rings is 1. The van der Waals surface area contributed by atoms with Gasteiger partial charge in [0.2, 0.25) is 0 Å². The molecule has 82 valence electrons. The summed E-state index contributed by atoms with van der Waals surface area (Å²) in [5, 5.41) is 1.14. The Morgan fingerprint density at radius 3 is 3.07 bits per heavy atom. The number of likely N-dealkylation sites (N-methyl/N-ethyl adjacent to an activating group) is 1. The van der Waals surface area contributed by atoms with Crippen LogP contribution in [-0.2, 0) is 0 Å². The third-order valence-corrected chi connectivity index (χ3v) is 3.64. The molecule has 3 heteroatoms. The van der Waals surface area contributed by atoms with Crippen molar-refractivity contribution < 1.29 is 0 Å². The second-order valence-electron chi connectivity index (χ2n) is 4.21. The highest BCUT2D eigenvalue weighted by atomic mass is 32.2. The summed E-state index contributed by atoms with van der Waals surface area (Å²) in [5.41, 5.74) is 1.27. The van der Waals surface area contributed by atoms with Crippen molar-refractivity contribution in [1.82, 2.24) is 9.88 Å². The van der Waals surface area contributed by atoms with Crippen LogP contribution < -0.4 is 0 Å². The molecule has 0 aliphatic carbocycles. The van der Waals surface area contributed by atoms with E-state index in [1.165, 1.54) is 25.1 Å². The van der Waals surface area contributed by atoms with Gasteiger partial charge in [-0.1, -0.05) is 6.07 Å². The lowest BCUT2D eigenvalue weighted by Crippen LogP contribution is -2.31. The Kier molecular flexibility index (Phi) is 3.65. The summed E-state index contributed by atoms with van der Waals surface area (Å²) < 4.78 is 0. The molecule has 0 aromatic carbocycles. The summed E-state index contributed by atoms with van der Waals surface area (Å²) in [6.45, 7) is 2.39. The molecule has 0 saturated carbocycles. The highest BCUT2D eigenvalue weighted by molar-refractivity contribution is 7.98. The molecule has 0 bridgehead atoms. The van der Waals surface area contributed by atoms with E-state index in [9.17, 15) is 0 Å². The number of likely N-dealkylation sites (tertiary alicyclic amines) is 1. The summed E-state index contributed by atoms with van der Waals surface area (Å²) >= 11 is 1.72. The van der Waals surface area contributed by atoms with Gasteiger partial charge < -0.3 is 4.90 Å². The highest BCUT2D eigenvalue weighted by Crippen LogP contribution is 2.25. The van der Waals surface area contributed by atoms with Gasteiger partial charge in [0.05, 0.1) is 5.03 Å². The van der Waals surface area contributed by atoms with Gasteiger partial charge in [-0.2, -0.15) is 0 Å². The van der Waals surface area contributed by atoms with Gasteiger partial charge in [0.15, 0.2) is 0 Å². The van der Waals surface area contributed by atoms with Crippen molar-refractivity contribution in [2.24, 2.45) is 0 Å². The lowest BCUT2D eigenvalue weighted by molar-refractivity contribution is 0.248. The van der Waals surface area contributed by atoms with Crippen molar-refractivity contribution in [3.8, 4) is 0 Å². The number of aromatic nitrogens is 1. The molecule has 15 heavy (non-hydrogen) atoms. The van der Waals surface area contributed by atoms with Crippen LogP contribution in [0.5, 0.6) is 0 Å². The molecule has 1 saturated heterocycles. The fraction of sp³-hybridized carbons (Fsp3) is 0.583. The van der Waals surface area contributed by atoms with E-state index in [0.29, 0.717) is 5.92 Å². The van der Waals surface area contributed by atoms with E-state index in [0.717, 1.165) is 11.6 Å². The Bertz CT molecular complexity index is 327. The van der Waals surface area contributed by atoms with Gasteiger partial charge in [-0.25, -0.2) is 4.98 Å². The SMILES string of the molecule is CSc1cccc([C@@H]2CCCN(C)C2)n1. The molecule has 1 aliphatic heterocycles. The summed E-state index contributed by atoms with van der Waals surface area (Å²) in [5.74, 6) is 0.635. The quantitative estimate of drug-likeness (QED) is 0.716. The Morgan fingerprint density at radius 1 is 1.47 bits per heavy atom. The lowest BCUT2D eigenvalue weighted by atomic mass is 9.95. The molecule has 0 amide bonds. The second kappa shape index (κ2) is 4.99. The first kappa shape index (κ1) is 11.0. The van der Waals surface area contributed by atoms with Crippen LogP contribution in [0.3, 0.4) is 0 Å². The van der Waals surface area contributed by atoms with Crippen LogP contribution in [0, 0.1) is 0 Å². The maximum atomic E-state index is 4.69. The zero-order valence-electron chi connectivity index (χ0n) is 9.44. The molecule has 1 atom stereocenters.